The zero-order chi connectivity index (χ0) is 22.8. The van der Waals surface area contributed by atoms with Gasteiger partial charge in [-0.1, -0.05) is 0 Å². The van der Waals surface area contributed by atoms with Crippen molar-refractivity contribution in [3.8, 4) is 0 Å². The molecule has 1 atom stereocenters. The third kappa shape index (κ3) is 4.21. The number of carbonyl (C=O) groups excluding carboxylic acids is 2. The maximum Gasteiger partial charge on any atom is 0.326 e. The molecule has 0 aromatic carbocycles. The summed E-state index contributed by atoms with van der Waals surface area (Å²) in [6.07, 6.45) is 3.22. The Morgan fingerprint density at radius 3 is 2.78 bits per heavy atom. The first-order chi connectivity index (χ1) is 15.4. The summed E-state index contributed by atoms with van der Waals surface area (Å²) < 4.78 is 27.4. The molecule has 2 aliphatic heterocycles. The van der Waals surface area contributed by atoms with Crippen molar-refractivity contribution >= 4 is 23.4 Å². The van der Waals surface area contributed by atoms with E-state index in [1.165, 1.54) is 22.7 Å². The van der Waals surface area contributed by atoms with Crippen molar-refractivity contribution < 1.29 is 18.4 Å². The van der Waals surface area contributed by atoms with Gasteiger partial charge in [-0.05, 0) is 43.4 Å². The van der Waals surface area contributed by atoms with Gasteiger partial charge in [0.2, 0.25) is 6.43 Å². The SMILES string of the molecule is CNC(=O)n1ccc(N2CCCc3cc(C(=O)N4CCC[C@H](C(F)F)C4)cnc32)cc1=N. The molecular weight excluding hydrogens is 418 g/mol. The zero-order valence-corrected chi connectivity index (χ0v) is 17.9. The number of fused-ring (bicyclic) bond motifs is 1. The number of pyridine rings is 2. The second-order valence-corrected chi connectivity index (χ2v) is 8.15. The molecule has 4 rings (SSSR count). The van der Waals surface area contributed by atoms with E-state index in [1.807, 2.05) is 4.90 Å². The number of anilines is 2. The fourth-order valence-electron chi connectivity index (χ4n) is 4.37. The number of carbonyl (C=O) groups is 2. The predicted molar refractivity (Wildman–Crippen MR) is 114 cm³/mol. The monoisotopic (exact) mass is 444 g/mol. The number of halogens is 2. The Kier molecular flexibility index (Phi) is 6.20. The van der Waals surface area contributed by atoms with E-state index in [9.17, 15) is 18.4 Å². The standard InChI is InChI=1S/C22H26F2N6O2/c1-26-22(32)30-9-6-17(11-18(30)25)29-8-3-4-14-10-16(12-27-20(14)29)21(31)28-7-2-5-15(13-28)19(23)24/h6,9-12,15,19,25H,2-5,7-8,13H2,1H3,(H,26,32)/t15-/m0/s1. The van der Waals surface area contributed by atoms with Crippen LogP contribution in [-0.2, 0) is 6.42 Å². The Labute approximate surface area is 184 Å². The second kappa shape index (κ2) is 9.05. The van der Waals surface area contributed by atoms with Gasteiger partial charge in [-0.3, -0.25) is 14.8 Å². The highest BCUT2D eigenvalue weighted by atomic mass is 19.3. The average Bonchev–Trinajstić information content (AvgIpc) is 2.82. The second-order valence-electron chi connectivity index (χ2n) is 8.15. The van der Waals surface area contributed by atoms with Crippen LogP contribution in [0.2, 0.25) is 0 Å². The van der Waals surface area contributed by atoms with Crippen molar-refractivity contribution in [1.29, 1.82) is 5.41 Å². The lowest BCUT2D eigenvalue weighted by molar-refractivity contribution is 0.0253. The van der Waals surface area contributed by atoms with Crippen LogP contribution < -0.4 is 15.7 Å². The highest BCUT2D eigenvalue weighted by molar-refractivity contribution is 5.94. The van der Waals surface area contributed by atoms with Gasteiger partial charge < -0.3 is 15.1 Å². The molecule has 2 aromatic heterocycles. The van der Waals surface area contributed by atoms with E-state index in [1.54, 1.807) is 24.4 Å². The fourth-order valence-corrected chi connectivity index (χ4v) is 4.37. The van der Waals surface area contributed by atoms with Crippen LogP contribution in [0, 0.1) is 11.3 Å². The van der Waals surface area contributed by atoms with Crippen molar-refractivity contribution in [1.82, 2.24) is 19.8 Å². The Balaban J connectivity index is 1.58. The number of hydrogen-bond acceptors (Lipinski definition) is 5. The molecule has 0 bridgehead atoms. The highest BCUT2D eigenvalue weighted by Gasteiger charge is 2.30. The number of rotatable bonds is 3. The van der Waals surface area contributed by atoms with E-state index in [2.05, 4.69) is 10.3 Å². The molecule has 2 aliphatic rings. The van der Waals surface area contributed by atoms with Crippen LogP contribution in [0.3, 0.4) is 0 Å². The molecule has 2 aromatic rings. The largest absolute Gasteiger partial charge is 0.340 e. The van der Waals surface area contributed by atoms with Crippen molar-refractivity contribution in [2.24, 2.45) is 5.92 Å². The minimum atomic E-state index is -2.42. The molecule has 32 heavy (non-hydrogen) atoms. The van der Waals surface area contributed by atoms with Crippen molar-refractivity contribution in [3.05, 3.63) is 47.2 Å². The number of aromatic nitrogens is 2. The molecule has 0 saturated carbocycles. The first kappa shape index (κ1) is 21.9. The molecule has 0 aliphatic carbocycles. The number of nitrogens with one attached hydrogen (secondary N) is 2. The zero-order valence-electron chi connectivity index (χ0n) is 17.9. The minimum Gasteiger partial charge on any atom is -0.340 e. The Hall–Kier alpha value is -3.30. The van der Waals surface area contributed by atoms with Crippen LogP contribution in [0.4, 0.5) is 25.1 Å². The summed E-state index contributed by atoms with van der Waals surface area (Å²) in [5.41, 5.74) is 2.09. The number of likely N-dealkylation sites (tertiary alicyclic amines) is 1. The van der Waals surface area contributed by atoms with E-state index in [-0.39, 0.29) is 17.9 Å². The third-order valence-electron chi connectivity index (χ3n) is 6.06. The summed E-state index contributed by atoms with van der Waals surface area (Å²) in [7, 11) is 1.50. The van der Waals surface area contributed by atoms with Gasteiger partial charge in [0.1, 0.15) is 11.3 Å². The normalized spacial score (nSPS) is 18.4. The van der Waals surface area contributed by atoms with Crippen molar-refractivity contribution in [3.63, 3.8) is 0 Å². The summed E-state index contributed by atoms with van der Waals surface area (Å²) >= 11 is 0. The van der Waals surface area contributed by atoms with Crippen LogP contribution in [0.1, 0.15) is 35.2 Å². The quantitative estimate of drug-likeness (QED) is 0.761. The molecule has 2 N–H and O–H groups in total. The molecule has 4 heterocycles. The average molecular weight is 444 g/mol. The lowest BCUT2D eigenvalue weighted by Gasteiger charge is -2.33. The number of aryl methyl sites for hydroxylation is 1. The molecule has 10 heteroatoms. The molecule has 1 saturated heterocycles. The number of amides is 2. The molecule has 1 fully saturated rings. The van der Waals surface area contributed by atoms with E-state index in [0.717, 1.165) is 24.1 Å². The van der Waals surface area contributed by atoms with E-state index in [4.69, 9.17) is 5.41 Å². The van der Waals surface area contributed by atoms with Crippen LogP contribution in [0.25, 0.3) is 0 Å². The number of piperidine rings is 1. The summed E-state index contributed by atoms with van der Waals surface area (Å²) in [6, 6.07) is 4.76. The Morgan fingerprint density at radius 2 is 2.06 bits per heavy atom. The van der Waals surface area contributed by atoms with Crippen LogP contribution in [0.15, 0.2) is 30.6 Å². The third-order valence-corrected chi connectivity index (χ3v) is 6.06. The van der Waals surface area contributed by atoms with Crippen LogP contribution >= 0.6 is 0 Å². The topological polar surface area (TPSA) is 94.3 Å². The highest BCUT2D eigenvalue weighted by Crippen LogP contribution is 2.32. The molecule has 170 valence electrons. The van der Waals surface area contributed by atoms with Gasteiger partial charge in [-0.25, -0.2) is 18.6 Å². The summed E-state index contributed by atoms with van der Waals surface area (Å²) in [6.45, 7) is 1.24. The maximum absolute atomic E-state index is 13.1. The van der Waals surface area contributed by atoms with Gasteiger partial charge in [0, 0.05) is 56.7 Å². The smallest absolute Gasteiger partial charge is 0.326 e. The van der Waals surface area contributed by atoms with Gasteiger partial charge in [0.15, 0.2) is 0 Å². The Bertz CT molecular complexity index is 1090. The van der Waals surface area contributed by atoms with E-state index < -0.39 is 18.4 Å². The number of alkyl halides is 2. The first-order valence-corrected chi connectivity index (χ1v) is 10.7. The van der Waals surface area contributed by atoms with Crippen LogP contribution in [-0.4, -0.2) is 59.5 Å². The minimum absolute atomic E-state index is 0.0412. The van der Waals surface area contributed by atoms with Crippen molar-refractivity contribution in [2.75, 3.05) is 31.6 Å². The summed E-state index contributed by atoms with van der Waals surface area (Å²) in [4.78, 5) is 32.8. The maximum atomic E-state index is 13.1. The number of hydrogen-bond donors (Lipinski definition) is 2. The Morgan fingerprint density at radius 1 is 1.25 bits per heavy atom. The van der Waals surface area contributed by atoms with Gasteiger partial charge in [-0.15, -0.1) is 0 Å². The van der Waals surface area contributed by atoms with Crippen LogP contribution in [0.5, 0.6) is 0 Å². The van der Waals surface area contributed by atoms with Crippen molar-refractivity contribution in [2.45, 2.75) is 32.1 Å². The van der Waals surface area contributed by atoms with E-state index in [0.29, 0.717) is 37.3 Å². The molecular formula is C22H26F2N6O2. The van der Waals surface area contributed by atoms with Gasteiger partial charge in [-0.2, -0.15) is 0 Å². The molecule has 0 spiro atoms. The molecule has 2 amide bonds. The fraction of sp³-hybridized carbons (Fsp3) is 0.455. The molecule has 0 unspecified atom stereocenters. The summed E-state index contributed by atoms with van der Waals surface area (Å²) in [5.74, 6) is -0.333. The van der Waals surface area contributed by atoms with Gasteiger partial charge in [0.05, 0.1) is 5.56 Å². The lowest BCUT2D eigenvalue weighted by atomic mass is 9.97. The molecule has 0 radical (unpaired) electrons. The summed E-state index contributed by atoms with van der Waals surface area (Å²) in [5, 5.41) is 10.6. The van der Waals surface area contributed by atoms with Gasteiger partial charge in [0.25, 0.3) is 5.91 Å². The van der Waals surface area contributed by atoms with Gasteiger partial charge >= 0.3 is 6.03 Å². The van der Waals surface area contributed by atoms with E-state index >= 15 is 0 Å². The first-order valence-electron chi connectivity index (χ1n) is 10.7. The lowest BCUT2D eigenvalue weighted by Crippen LogP contribution is -2.42. The number of nitrogens with zero attached hydrogens (tertiary/aromatic N) is 4. The molecule has 8 nitrogen and oxygen atoms in total. The predicted octanol–water partition coefficient (Wildman–Crippen LogP) is 2.75.